The quantitative estimate of drug-likeness (QED) is 0.0205. The molecule has 2 aliphatic heterocycles. The molecule has 2 rings (SSSR count). The second kappa shape index (κ2) is 45.0. The van der Waals surface area contributed by atoms with E-state index in [-0.39, 0.29) is 18.9 Å². The first kappa shape index (κ1) is 67.1. The number of allylic oxidation sites excluding steroid dienone is 7. The lowest BCUT2D eigenvalue weighted by Gasteiger charge is -2.46. The fourth-order valence-corrected chi connectivity index (χ4v) is 9.44. The summed E-state index contributed by atoms with van der Waals surface area (Å²) in [5.41, 5.74) is 0. The van der Waals surface area contributed by atoms with Crippen LogP contribution in [0.1, 0.15) is 226 Å². The Kier molecular flexibility index (Phi) is 41.4. The lowest BCUT2D eigenvalue weighted by Crippen LogP contribution is -2.65. The molecule has 0 bridgehead atoms. The molecule has 0 saturated carbocycles. The monoisotopic (exact) mass is 1040 g/mol. The average molecular weight is 1040 g/mol. The molecule has 2 fully saturated rings. The molecule has 0 aliphatic carbocycles. The second-order valence-electron chi connectivity index (χ2n) is 20.7. The van der Waals surface area contributed by atoms with Crippen LogP contribution in [-0.2, 0) is 23.7 Å². The molecule has 14 heteroatoms. The fraction of sp³-hybridized carbons (Fsp3) is 0.847. The number of ether oxygens (including phenoxy) is 4. The lowest BCUT2D eigenvalue weighted by molar-refractivity contribution is -0.359. The first-order chi connectivity index (χ1) is 35.6. The maximum Gasteiger partial charge on any atom is 0.220 e. The molecule has 2 heterocycles. The van der Waals surface area contributed by atoms with Crippen molar-refractivity contribution in [3.63, 3.8) is 0 Å². The van der Waals surface area contributed by atoms with Crippen LogP contribution in [0.25, 0.3) is 0 Å². The molecule has 0 aromatic heterocycles. The van der Waals surface area contributed by atoms with E-state index in [2.05, 4.69) is 55.6 Å². The van der Waals surface area contributed by atoms with Crippen LogP contribution >= 0.6 is 0 Å². The molecule has 14 nitrogen and oxygen atoms in total. The number of hydrogen-bond donors (Lipinski definition) is 9. The zero-order valence-corrected chi connectivity index (χ0v) is 45.6. The van der Waals surface area contributed by atoms with Gasteiger partial charge in [0.25, 0.3) is 0 Å². The number of hydrogen-bond acceptors (Lipinski definition) is 13. The number of rotatable bonds is 46. The van der Waals surface area contributed by atoms with Crippen LogP contribution < -0.4 is 5.32 Å². The van der Waals surface area contributed by atoms with E-state index < -0.39 is 86.8 Å². The molecule has 2 saturated heterocycles. The molecule has 426 valence electrons. The average Bonchev–Trinajstić information content (AvgIpc) is 3.39. The standard InChI is InChI=1S/C59H107NO13/c1-3-5-7-9-11-13-15-17-19-21-22-23-24-25-26-27-29-31-33-35-37-39-41-43-51(64)60-47(48(63)42-40-38-36-34-32-30-28-20-18-16-14-12-10-8-6-4-2)46-70-58-56(69)54(67)57(50(45-62)72-58)73-59-55(68)53(66)52(65)49(44-61)71-59/h18,20-22,32,34,40,42,47-50,52-59,61-63,65-69H,3-17,19,23-31,33,35-39,41,43-46H2,1-2H3,(H,60,64)/b20-18+,22-21-,34-32+,42-40+. The number of amides is 1. The van der Waals surface area contributed by atoms with E-state index >= 15 is 0 Å². The Balaban J connectivity index is 1.78. The van der Waals surface area contributed by atoms with Gasteiger partial charge in [-0.2, -0.15) is 0 Å². The summed E-state index contributed by atoms with van der Waals surface area (Å²) in [6.07, 6.45) is 38.6. The maximum atomic E-state index is 13.2. The highest BCUT2D eigenvalue weighted by Gasteiger charge is 2.51. The molecule has 0 aromatic carbocycles. The maximum absolute atomic E-state index is 13.2. The number of unbranched alkanes of at least 4 members (excludes halogenated alkanes) is 27. The van der Waals surface area contributed by atoms with E-state index in [1.54, 1.807) is 6.08 Å². The third-order valence-corrected chi connectivity index (χ3v) is 14.2. The van der Waals surface area contributed by atoms with E-state index in [1.807, 2.05) is 6.08 Å². The molecule has 73 heavy (non-hydrogen) atoms. The van der Waals surface area contributed by atoms with Crippen molar-refractivity contribution in [1.82, 2.24) is 5.32 Å². The summed E-state index contributed by atoms with van der Waals surface area (Å²) in [6, 6.07) is -0.938. The van der Waals surface area contributed by atoms with Gasteiger partial charge < -0.3 is 65.1 Å². The number of aliphatic hydroxyl groups is 8. The third-order valence-electron chi connectivity index (χ3n) is 14.2. The van der Waals surface area contributed by atoms with Crippen LogP contribution in [0, 0.1) is 0 Å². The molecule has 0 radical (unpaired) electrons. The second-order valence-corrected chi connectivity index (χ2v) is 20.7. The molecule has 1 amide bonds. The lowest BCUT2D eigenvalue weighted by atomic mass is 9.97. The van der Waals surface area contributed by atoms with Crippen molar-refractivity contribution in [2.45, 2.75) is 299 Å². The SMILES string of the molecule is CCCCCCCC/C=C/CC/C=C/CC/C=C/C(O)C(COC1OC(CO)C(OC2OC(CO)C(O)C(O)C2O)C(O)C1O)NC(=O)CCCCCCCCCCCCC/C=C\CCCCCCCCCC. The van der Waals surface area contributed by atoms with Gasteiger partial charge in [0.15, 0.2) is 12.6 Å². The molecule has 0 spiro atoms. The van der Waals surface area contributed by atoms with E-state index in [0.717, 1.165) is 44.9 Å². The van der Waals surface area contributed by atoms with Crippen molar-refractivity contribution in [2.75, 3.05) is 19.8 Å². The van der Waals surface area contributed by atoms with Gasteiger partial charge in [0.1, 0.15) is 48.8 Å². The zero-order chi connectivity index (χ0) is 53.2. The van der Waals surface area contributed by atoms with Crippen molar-refractivity contribution in [3.05, 3.63) is 48.6 Å². The number of carbonyl (C=O) groups excluding carboxylic acids is 1. The topological polar surface area (TPSA) is 228 Å². The van der Waals surface area contributed by atoms with Gasteiger partial charge in [0.2, 0.25) is 5.91 Å². The Morgan fingerprint density at radius 1 is 0.479 bits per heavy atom. The Hall–Kier alpha value is -2.05. The number of carbonyl (C=O) groups is 1. The highest BCUT2D eigenvalue weighted by atomic mass is 16.7. The van der Waals surface area contributed by atoms with Gasteiger partial charge in [-0.25, -0.2) is 0 Å². The van der Waals surface area contributed by atoms with Gasteiger partial charge in [0.05, 0.1) is 32.0 Å². The molecule has 0 aromatic rings. The first-order valence-corrected chi connectivity index (χ1v) is 29.4. The minimum atomic E-state index is -1.79. The van der Waals surface area contributed by atoms with Crippen LogP contribution in [0.2, 0.25) is 0 Å². The van der Waals surface area contributed by atoms with Crippen LogP contribution in [0.15, 0.2) is 48.6 Å². The predicted octanol–water partition coefficient (Wildman–Crippen LogP) is 9.61. The summed E-state index contributed by atoms with van der Waals surface area (Å²) in [4.78, 5) is 13.2. The van der Waals surface area contributed by atoms with Crippen molar-refractivity contribution in [2.24, 2.45) is 0 Å². The minimum Gasteiger partial charge on any atom is -0.394 e. The Bertz CT molecular complexity index is 1410. The van der Waals surface area contributed by atoms with E-state index in [9.17, 15) is 45.6 Å². The van der Waals surface area contributed by atoms with Crippen molar-refractivity contribution in [3.8, 4) is 0 Å². The smallest absolute Gasteiger partial charge is 0.220 e. The van der Waals surface area contributed by atoms with Crippen LogP contribution in [-0.4, -0.2) is 140 Å². The molecule has 12 atom stereocenters. The van der Waals surface area contributed by atoms with Gasteiger partial charge in [0, 0.05) is 6.42 Å². The van der Waals surface area contributed by atoms with Gasteiger partial charge in [-0.3, -0.25) is 4.79 Å². The molecule has 2 aliphatic rings. The minimum absolute atomic E-state index is 0.254. The Labute approximate surface area is 442 Å². The molecular formula is C59H107NO13. The van der Waals surface area contributed by atoms with Gasteiger partial charge >= 0.3 is 0 Å². The molecule has 12 unspecified atom stereocenters. The van der Waals surface area contributed by atoms with Crippen molar-refractivity contribution in [1.29, 1.82) is 0 Å². The fourth-order valence-electron chi connectivity index (χ4n) is 9.44. The van der Waals surface area contributed by atoms with Crippen LogP contribution in [0.3, 0.4) is 0 Å². The summed E-state index contributed by atoms with van der Waals surface area (Å²) >= 11 is 0. The highest BCUT2D eigenvalue weighted by Crippen LogP contribution is 2.30. The summed E-state index contributed by atoms with van der Waals surface area (Å²) in [5.74, 6) is -0.254. The number of aliphatic hydroxyl groups excluding tert-OH is 8. The highest BCUT2D eigenvalue weighted by molar-refractivity contribution is 5.76. The van der Waals surface area contributed by atoms with Crippen LogP contribution in [0.5, 0.6) is 0 Å². The zero-order valence-electron chi connectivity index (χ0n) is 45.6. The summed E-state index contributed by atoms with van der Waals surface area (Å²) in [6.45, 7) is 2.76. The van der Waals surface area contributed by atoms with E-state index in [0.29, 0.717) is 12.8 Å². The predicted molar refractivity (Wildman–Crippen MR) is 291 cm³/mol. The van der Waals surface area contributed by atoms with E-state index in [4.69, 9.17) is 18.9 Å². The van der Waals surface area contributed by atoms with Gasteiger partial charge in [-0.1, -0.05) is 197 Å². The molecular weight excluding hydrogens is 931 g/mol. The summed E-state index contributed by atoms with van der Waals surface area (Å²) in [7, 11) is 0. The summed E-state index contributed by atoms with van der Waals surface area (Å²) in [5, 5.41) is 87.0. The number of nitrogens with one attached hydrogen (secondary N) is 1. The Morgan fingerprint density at radius 3 is 1.34 bits per heavy atom. The van der Waals surface area contributed by atoms with Gasteiger partial charge in [-0.15, -0.1) is 0 Å². The largest absolute Gasteiger partial charge is 0.394 e. The van der Waals surface area contributed by atoms with Crippen molar-refractivity contribution >= 4 is 5.91 Å². The normalized spacial score (nSPS) is 25.7. The Morgan fingerprint density at radius 2 is 0.877 bits per heavy atom. The molecule has 9 N–H and O–H groups in total. The van der Waals surface area contributed by atoms with Crippen molar-refractivity contribution < 1.29 is 64.6 Å². The first-order valence-electron chi connectivity index (χ1n) is 29.4. The van der Waals surface area contributed by atoms with E-state index in [1.165, 1.54) is 148 Å². The van der Waals surface area contributed by atoms with Gasteiger partial charge in [-0.05, 0) is 70.6 Å². The van der Waals surface area contributed by atoms with Crippen LogP contribution in [0.4, 0.5) is 0 Å². The summed E-state index contributed by atoms with van der Waals surface area (Å²) < 4.78 is 22.7. The third kappa shape index (κ3) is 31.1.